The smallest absolute Gasteiger partial charge is 0.407 e. The number of aryl methyl sites for hydroxylation is 1. The number of amides is 1. The van der Waals surface area contributed by atoms with Gasteiger partial charge in [-0.25, -0.2) is 18.6 Å². The van der Waals surface area contributed by atoms with Crippen molar-refractivity contribution in [1.29, 1.82) is 0 Å². The van der Waals surface area contributed by atoms with E-state index in [9.17, 15) is 14.3 Å². The van der Waals surface area contributed by atoms with Gasteiger partial charge in [-0.05, 0) is 87.1 Å². The van der Waals surface area contributed by atoms with Crippen LogP contribution in [0.1, 0.15) is 67.8 Å². The highest BCUT2D eigenvalue weighted by Gasteiger charge is 2.25. The second-order valence-electron chi connectivity index (χ2n) is 11.5. The van der Waals surface area contributed by atoms with Crippen LogP contribution in [0.15, 0.2) is 54.7 Å². The molecule has 43 heavy (non-hydrogen) atoms. The molecule has 1 fully saturated rings. The largest absolute Gasteiger partial charge is 0.496 e. The Morgan fingerprint density at radius 3 is 2.58 bits per heavy atom. The van der Waals surface area contributed by atoms with E-state index >= 15 is 4.39 Å². The highest BCUT2D eigenvalue weighted by Crippen LogP contribution is 2.39. The average Bonchev–Trinajstić information content (AvgIpc) is 3.44. The number of pyridine rings is 1. The number of rotatable bonds is 11. The Hall–Kier alpha value is -3.98. The van der Waals surface area contributed by atoms with Crippen LogP contribution in [0.2, 0.25) is 0 Å². The van der Waals surface area contributed by atoms with Gasteiger partial charge in [-0.3, -0.25) is 0 Å². The number of hydrogen-bond donors (Lipinski definition) is 2. The summed E-state index contributed by atoms with van der Waals surface area (Å²) in [5, 5.41) is 10.1. The van der Waals surface area contributed by atoms with Crippen molar-refractivity contribution in [3.8, 4) is 16.9 Å². The number of nitrogens with one attached hydrogen (secondary N) is 1. The molecule has 7 nitrogen and oxygen atoms in total. The van der Waals surface area contributed by atoms with Crippen LogP contribution in [0.4, 0.5) is 13.6 Å². The van der Waals surface area contributed by atoms with Crippen LogP contribution in [-0.4, -0.2) is 64.8 Å². The molecule has 1 aliphatic heterocycles. The second kappa shape index (κ2) is 13.5. The third kappa shape index (κ3) is 6.82. The molecule has 2 aromatic carbocycles. The molecule has 3 heterocycles. The lowest BCUT2D eigenvalue weighted by Crippen LogP contribution is -2.34. The van der Waals surface area contributed by atoms with Crippen molar-refractivity contribution in [2.75, 3.05) is 33.8 Å². The zero-order valence-electron chi connectivity index (χ0n) is 25.1. The summed E-state index contributed by atoms with van der Waals surface area (Å²) in [7, 11) is 3.13. The third-order valence-corrected chi connectivity index (χ3v) is 8.73. The van der Waals surface area contributed by atoms with Crippen molar-refractivity contribution < 1.29 is 23.4 Å². The minimum atomic E-state index is -0.907. The van der Waals surface area contributed by atoms with Crippen LogP contribution >= 0.6 is 0 Å². The molecule has 9 heteroatoms. The van der Waals surface area contributed by atoms with Crippen molar-refractivity contribution in [2.45, 2.75) is 57.4 Å². The molecule has 0 radical (unpaired) electrons. The minimum absolute atomic E-state index is 0.124. The molecule has 5 rings (SSSR count). The van der Waals surface area contributed by atoms with E-state index in [1.807, 2.05) is 6.07 Å². The fourth-order valence-corrected chi connectivity index (χ4v) is 6.31. The van der Waals surface area contributed by atoms with Gasteiger partial charge in [-0.2, -0.15) is 0 Å². The topological polar surface area (TPSA) is 81.7 Å². The van der Waals surface area contributed by atoms with Crippen molar-refractivity contribution in [1.82, 2.24) is 19.8 Å². The van der Waals surface area contributed by atoms with Gasteiger partial charge in [-0.15, -0.1) is 0 Å². The lowest BCUT2D eigenvalue weighted by molar-refractivity contribution is 0.135. The first-order valence-electron chi connectivity index (χ1n) is 15.1. The predicted octanol–water partition coefficient (Wildman–Crippen LogP) is 7.78. The summed E-state index contributed by atoms with van der Waals surface area (Å²) in [6, 6.07) is 14.3. The number of H-pyrrole nitrogens is 1. The van der Waals surface area contributed by atoms with Gasteiger partial charge >= 0.3 is 6.09 Å². The maximum Gasteiger partial charge on any atom is 0.407 e. The number of aromatic amines is 1. The number of carbonyl (C=O) groups is 1. The fraction of sp³-hybridized carbons (Fsp3) is 0.412. The monoisotopic (exact) mass is 590 g/mol. The van der Waals surface area contributed by atoms with Gasteiger partial charge in [0, 0.05) is 35.2 Å². The zero-order valence-corrected chi connectivity index (χ0v) is 25.1. The predicted molar refractivity (Wildman–Crippen MR) is 165 cm³/mol. The maximum absolute atomic E-state index is 15.1. The molecule has 2 aromatic heterocycles. The van der Waals surface area contributed by atoms with Crippen molar-refractivity contribution in [3.05, 3.63) is 83.2 Å². The molecule has 228 valence electrons. The van der Waals surface area contributed by atoms with Crippen LogP contribution in [0.25, 0.3) is 22.2 Å². The molecular weight excluding hydrogens is 550 g/mol. The molecule has 1 saturated heterocycles. The number of halogens is 2. The molecule has 0 aliphatic carbocycles. The summed E-state index contributed by atoms with van der Waals surface area (Å²) in [5.74, 6) is -0.251. The molecule has 2 N–H and O–H groups in total. The van der Waals surface area contributed by atoms with E-state index in [1.165, 1.54) is 42.0 Å². The molecule has 0 saturated carbocycles. The second-order valence-corrected chi connectivity index (χ2v) is 11.5. The molecule has 0 spiro atoms. The first kappa shape index (κ1) is 30.5. The van der Waals surface area contributed by atoms with Crippen LogP contribution in [0.3, 0.4) is 0 Å². The van der Waals surface area contributed by atoms with E-state index in [2.05, 4.69) is 46.1 Å². The molecule has 4 aromatic rings. The normalized spacial score (nSPS) is 15.1. The number of aromatic nitrogens is 2. The van der Waals surface area contributed by atoms with Gasteiger partial charge in [0.05, 0.1) is 19.3 Å². The standard InChI is InChI=1S/C34H40F2N4O3/c1-4-6-30(39(2)34(41)42)24-10-8-22(9-11-24)7-5-16-40-17-14-23(15-18-40)29-20-27-32(28(36)21-37-33(27)38-29)26-19-25(35)12-13-31(26)43-3/h8-13,19-21,23,30H,4-7,14-18H2,1-3H3,(H,37,38)(H,41,42). The number of fused-ring (bicyclic) bond motifs is 1. The van der Waals surface area contributed by atoms with Gasteiger partial charge in [0.2, 0.25) is 0 Å². The van der Waals surface area contributed by atoms with Gasteiger partial charge in [0.25, 0.3) is 0 Å². The van der Waals surface area contributed by atoms with Gasteiger partial charge < -0.3 is 24.6 Å². The maximum atomic E-state index is 15.1. The van der Waals surface area contributed by atoms with Crippen LogP contribution in [0, 0.1) is 11.6 Å². The number of hydrogen-bond acceptors (Lipinski definition) is 4. The SMILES string of the molecule is CCCC(c1ccc(CCCN2CCC(c3cc4c(-c5cc(F)ccc5OC)c(F)cnc4[nH]3)CC2)cc1)N(C)C(=O)O. The van der Waals surface area contributed by atoms with Gasteiger partial charge in [0.1, 0.15) is 23.0 Å². The molecule has 0 bridgehead atoms. The number of carboxylic acid groups (broad SMARTS) is 1. The summed E-state index contributed by atoms with van der Waals surface area (Å²) in [6.45, 7) is 5.04. The Morgan fingerprint density at radius 2 is 1.91 bits per heavy atom. The average molecular weight is 591 g/mol. The Kier molecular flexibility index (Phi) is 9.60. The van der Waals surface area contributed by atoms with Gasteiger partial charge in [0.15, 0.2) is 0 Å². The molecule has 1 atom stereocenters. The number of ether oxygens (including phenoxy) is 1. The van der Waals surface area contributed by atoms with Crippen LogP contribution < -0.4 is 4.74 Å². The Labute approximate surface area is 251 Å². The molecular formula is C34H40F2N4O3. The summed E-state index contributed by atoms with van der Waals surface area (Å²) in [6.07, 6.45) is 5.98. The zero-order chi connectivity index (χ0) is 30.5. The quantitative estimate of drug-likeness (QED) is 0.186. The van der Waals surface area contributed by atoms with E-state index in [0.29, 0.717) is 33.8 Å². The van der Waals surface area contributed by atoms with E-state index in [4.69, 9.17) is 4.74 Å². The highest BCUT2D eigenvalue weighted by atomic mass is 19.1. The van der Waals surface area contributed by atoms with E-state index in [-0.39, 0.29) is 6.04 Å². The lowest BCUT2D eigenvalue weighted by atomic mass is 9.92. The molecule has 1 amide bonds. The number of benzene rings is 2. The summed E-state index contributed by atoms with van der Waals surface area (Å²) < 4.78 is 34.6. The summed E-state index contributed by atoms with van der Waals surface area (Å²) in [4.78, 5) is 23.1. The summed E-state index contributed by atoms with van der Waals surface area (Å²) >= 11 is 0. The van der Waals surface area contributed by atoms with Crippen molar-refractivity contribution in [2.24, 2.45) is 0 Å². The van der Waals surface area contributed by atoms with Crippen molar-refractivity contribution >= 4 is 17.1 Å². The Balaban J connectivity index is 1.18. The number of methoxy groups -OCH3 is 1. The third-order valence-electron chi connectivity index (χ3n) is 8.73. The first-order valence-corrected chi connectivity index (χ1v) is 15.1. The van der Waals surface area contributed by atoms with Crippen LogP contribution in [0.5, 0.6) is 5.75 Å². The minimum Gasteiger partial charge on any atom is -0.496 e. The molecule has 1 aliphatic rings. The summed E-state index contributed by atoms with van der Waals surface area (Å²) in [5.41, 5.74) is 4.58. The van der Waals surface area contributed by atoms with Gasteiger partial charge in [-0.1, -0.05) is 37.6 Å². The Morgan fingerprint density at radius 1 is 1.16 bits per heavy atom. The number of likely N-dealkylation sites (tertiary alicyclic amines) is 1. The molecule has 1 unspecified atom stereocenters. The Bertz CT molecular complexity index is 1550. The number of nitrogens with zero attached hydrogens (tertiary/aromatic N) is 3. The highest BCUT2D eigenvalue weighted by molar-refractivity contribution is 5.95. The van der Waals surface area contributed by atoms with Crippen molar-refractivity contribution in [3.63, 3.8) is 0 Å². The van der Waals surface area contributed by atoms with Crippen LogP contribution in [-0.2, 0) is 6.42 Å². The van der Waals surface area contributed by atoms with E-state index in [0.717, 1.165) is 69.4 Å². The number of piperidine rings is 1. The van der Waals surface area contributed by atoms with E-state index < -0.39 is 17.7 Å². The first-order chi connectivity index (χ1) is 20.8. The lowest BCUT2D eigenvalue weighted by Gasteiger charge is -2.31. The van der Waals surface area contributed by atoms with E-state index in [1.54, 1.807) is 7.05 Å². The fourth-order valence-electron chi connectivity index (χ4n) is 6.31.